The summed E-state index contributed by atoms with van der Waals surface area (Å²) >= 11 is 0. The van der Waals surface area contributed by atoms with E-state index in [0.717, 1.165) is 12.8 Å². The van der Waals surface area contributed by atoms with Crippen molar-refractivity contribution >= 4 is 33.2 Å². The molecule has 1 N–H and O–H groups in total. The summed E-state index contributed by atoms with van der Waals surface area (Å²) in [5.74, 6) is 0. The molecular formula is C31H26N2. The predicted molar refractivity (Wildman–Crippen MR) is 141 cm³/mol. The second-order valence-corrected chi connectivity index (χ2v) is 8.76. The lowest BCUT2D eigenvalue weighted by Crippen LogP contribution is -2.16. The quantitative estimate of drug-likeness (QED) is 0.304. The number of aryl methyl sites for hydroxylation is 1. The zero-order valence-corrected chi connectivity index (χ0v) is 18.8. The van der Waals surface area contributed by atoms with Crippen LogP contribution in [0.15, 0.2) is 115 Å². The molecule has 5 aromatic rings. The lowest BCUT2D eigenvalue weighted by atomic mass is 10.0. The van der Waals surface area contributed by atoms with Gasteiger partial charge in [0.05, 0.1) is 0 Å². The summed E-state index contributed by atoms with van der Waals surface area (Å²) in [6.07, 6.45) is 9.03. The summed E-state index contributed by atoms with van der Waals surface area (Å²) in [7, 11) is 0. The Morgan fingerprint density at radius 3 is 2.12 bits per heavy atom. The Balaban J connectivity index is 1.48. The van der Waals surface area contributed by atoms with Crippen LogP contribution >= 0.6 is 0 Å². The van der Waals surface area contributed by atoms with Gasteiger partial charge in [-0.3, -0.25) is 0 Å². The van der Waals surface area contributed by atoms with Crippen LogP contribution in [-0.4, -0.2) is 4.98 Å². The van der Waals surface area contributed by atoms with Gasteiger partial charge in [0.25, 0.3) is 0 Å². The highest BCUT2D eigenvalue weighted by Crippen LogP contribution is 2.37. The maximum Gasteiger partial charge on any atom is 0.0469 e. The molecule has 1 aliphatic rings. The lowest BCUT2D eigenvalue weighted by Gasteiger charge is -2.28. The van der Waals surface area contributed by atoms with Crippen LogP contribution in [-0.2, 0) is 0 Å². The van der Waals surface area contributed by atoms with Gasteiger partial charge in [-0.1, -0.05) is 66.2 Å². The fourth-order valence-corrected chi connectivity index (χ4v) is 4.78. The van der Waals surface area contributed by atoms with Gasteiger partial charge in [-0.2, -0.15) is 0 Å². The second-order valence-electron chi connectivity index (χ2n) is 8.76. The third-order valence-electron chi connectivity index (χ3n) is 6.46. The number of nitrogens with one attached hydrogen (secondary N) is 1. The Bertz CT molecular complexity index is 1500. The van der Waals surface area contributed by atoms with Crippen LogP contribution < -0.4 is 4.90 Å². The molecule has 6 rings (SSSR count). The van der Waals surface area contributed by atoms with Crippen molar-refractivity contribution in [1.29, 1.82) is 0 Å². The molecule has 0 bridgehead atoms. The van der Waals surface area contributed by atoms with Gasteiger partial charge in [-0.15, -0.1) is 0 Å². The second kappa shape index (κ2) is 8.14. The molecule has 0 amide bonds. The van der Waals surface area contributed by atoms with E-state index < -0.39 is 0 Å². The fourth-order valence-electron chi connectivity index (χ4n) is 4.78. The van der Waals surface area contributed by atoms with Gasteiger partial charge < -0.3 is 9.88 Å². The molecule has 0 saturated carbocycles. The highest BCUT2D eigenvalue weighted by molar-refractivity contribution is 6.08. The Hall–Kier alpha value is -4.04. The molecule has 0 spiro atoms. The highest BCUT2D eigenvalue weighted by atomic mass is 15.1. The van der Waals surface area contributed by atoms with Crippen LogP contribution in [0.5, 0.6) is 0 Å². The smallest absolute Gasteiger partial charge is 0.0469 e. The van der Waals surface area contributed by atoms with Crippen LogP contribution in [0, 0.1) is 6.92 Å². The number of fused-ring (bicyclic) bond motifs is 3. The Labute approximate surface area is 194 Å². The van der Waals surface area contributed by atoms with Gasteiger partial charge >= 0.3 is 0 Å². The minimum Gasteiger partial charge on any atom is -0.355 e. The van der Waals surface area contributed by atoms with Crippen molar-refractivity contribution in [2.75, 3.05) is 4.90 Å². The first-order chi connectivity index (χ1) is 16.3. The van der Waals surface area contributed by atoms with Gasteiger partial charge in [0, 0.05) is 38.9 Å². The van der Waals surface area contributed by atoms with Crippen LogP contribution in [0.4, 0.5) is 11.4 Å². The summed E-state index contributed by atoms with van der Waals surface area (Å²) in [6.45, 7) is 2.15. The minimum atomic E-state index is 1.07. The van der Waals surface area contributed by atoms with E-state index in [2.05, 4.69) is 126 Å². The maximum atomic E-state index is 3.57. The number of aromatic nitrogens is 1. The first-order valence-electron chi connectivity index (χ1n) is 11.6. The van der Waals surface area contributed by atoms with E-state index in [-0.39, 0.29) is 0 Å². The summed E-state index contributed by atoms with van der Waals surface area (Å²) in [4.78, 5) is 5.94. The van der Waals surface area contributed by atoms with Gasteiger partial charge in [0.2, 0.25) is 0 Å². The van der Waals surface area contributed by atoms with Gasteiger partial charge in [-0.05, 0) is 79.4 Å². The lowest BCUT2D eigenvalue weighted by molar-refractivity contribution is 0.997. The van der Waals surface area contributed by atoms with Gasteiger partial charge in [-0.25, -0.2) is 0 Å². The average molecular weight is 427 g/mol. The number of anilines is 2. The average Bonchev–Trinajstić information content (AvgIpc) is 3.23. The van der Waals surface area contributed by atoms with Crippen molar-refractivity contribution in [2.45, 2.75) is 19.8 Å². The Morgan fingerprint density at radius 2 is 1.36 bits per heavy atom. The molecule has 0 saturated heterocycles. The number of allylic oxidation sites excluding steroid dienone is 3. The first-order valence-corrected chi connectivity index (χ1v) is 11.6. The van der Waals surface area contributed by atoms with Gasteiger partial charge in [0.15, 0.2) is 0 Å². The molecule has 1 aromatic heterocycles. The number of nitrogens with zero attached hydrogens (tertiary/aromatic N) is 1. The SMILES string of the molecule is Cc1ccc2[nH]c3ccc(N(C4=CCCC=C4)c4ccc(-c5ccccc5)cc4)cc3c2c1. The van der Waals surface area contributed by atoms with Crippen LogP contribution in [0.3, 0.4) is 0 Å². The van der Waals surface area contributed by atoms with E-state index in [1.165, 1.54) is 55.6 Å². The molecule has 160 valence electrons. The highest BCUT2D eigenvalue weighted by Gasteiger charge is 2.16. The normalized spacial score (nSPS) is 13.4. The standard InChI is InChI=1S/C31H26N2/c1-22-12-18-30-28(20-22)29-21-27(17-19-31(29)32-30)33(25-10-6-3-7-11-25)26-15-13-24(14-16-26)23-8-4-2-5-9-23/h2,4-6,8-21,32H,3,7H2,1H3. The number of hydrogen-bond acceptors (Lipinski definition) is 1. The number of benzene rings is 4. The van der Waals surface area contributed by atoms with Crippen molar-refractivity contribution in [1.82, 2.24) is 4.98 Å². The predicted octanol–water partition coefficient (Wildman–Crippen LogP) is 8.67. The first kappa shape index (κ1) is 19.6. The largest absolute Gasteiger partial charge is 0.355 e. The molecule has 0 fully saturated rings. The third-order valence-corrected chi connectivity index (χ3v) is 6.46. The molecule has 0 atom stereocenters. The van der Waals surface area contributed by atoms with Crippen molar-refractivity contribution in [3.8, 4) is 11.1 Å². The summed E-state index contributed by atoms with van der Waals surface area (Å²) < 4.78 is 0. The zero-order chi connectivity index (χ0) is 22.2. The maximum absolute atomic E-state index is 3.57. The minimum absolute atomic E-state index is 1.07. The zero-order valence-electron chi connectivity index (χ0n) is 18.8. The van der Waals surface area contributed by atoms with Crippen molar-refractivity contribution in [2.24, 2.45) is 0 Å². The molecule has 4 aromatic carbocycles. The van der Waals surface area contributed by atoms with Crippen LogP contribution in [0.2, 0.25) is 0 Å². The van der Waals surface area contributed by atoms with E-state index in [0.29, 0.717) is 0 Å². The molecule has 33 heavy (non-hydrogen) atoms. The summed E-state index contributed by atoms with van der Waals surface area (Å²) in [6, 6.07) is 32.8. The molecule has 2 nitrogen and oxygen atoms in total. The van der Waals surface area contributed by atoms with E-state index in [1.807, 2.05) is 0 Å². The molecule has 2 heteroatoms. The van der Waals surface area contributed by atoms with Crippen molar-refractivity contribution in [3.05, 3.63) is 120 Å². The molecule has 0 unspecified atom stereocenters. The van der Waals surface area contributed by atoms with Crippen molar-refractivity contribution < 1.29 is 0 Å². The van der Waals surface area contributed by atoms with Gasteiger partial charge in [0.1, 0.15) is 0 Å². The molecule has 0 aliphatic heterocycles. The van der Waals surface area contributed by atoms with E-state index in [1.54, 1.807) is 0 Å². The van der Waals surface area contributed by atoms with E-state index in [9.17, 15) is 0 Å². The molecular weight excluding hydrogens is 400 g/mol. The number of H-pyrrole nitrogens is 1. The monoisotopic (exact) mass is 426 g/mol. The van der Waals surface area contributed by atoms with Crippen LogP contribution in [0.1, 0.15) is 18.4 Å². The Morgan fingerprint density at radius 1 is 0.667 bits per heavy atom. The van der Waals surface area contributed by atoms with E-state index in [4.69, 9.17) is 0 Å². The third kappa shape index (κ3) is 3.64. The van der Waals surface area contributed by atoms with E-state index >= 15 is 0 Å². The number of aromatic amines is 1. The number of rotatable bonds is 4. The van der Waals surface area contributed by atoms with Crippen LogP contribution in [0.25, 0.3) is 32.9 Å². The van der Waals surface area contributed by atoms with Crippen molar-refractivity contribution in [3.63, 3.8) is 0 Å². The molecule has 0 radical (unpaired) electrons. The molecule has 1 heterocycles. The summed E-state index contributed by atoms with van der Waals surface area (Å²) in [5.41, 5.74) is 9.68. The summed E-state index contributed by atoms with van der Waals surface area (Å²) in [5, 5.41) is 2.54. The fraction of sp³-hybridized carbons (Fsp3) is 0.0968. The topological polar surface area (TPSA) is 19.0 Å². The Kier molecular flexibility index (Phi) is 4.84. The number of hydrogen-bond donors (Lipinski definition) is 1. The molecule has 1 aliphatic carbocycles.